The Balaban J connectivity index is 1.15. The van der Waals surface area contributed by atoms with Gasteiger partial charge >= 0.3 is 5.97 Å². The fourth-order valence-electron chi connectivity index (χ4n) is 8.13. The van der Waals surface area contributed by atoms with Gasteiger partial charge in [-0.25, -0.2) is 0 Å². The van der Waals surface area contributed by atoms with Crippen molar-refractivity contribution in [3.63, 3.8) is 0 Å². The molecule has 4 aliphatic rings. The van der Waals surface area contributed by atoms with Crippen molar-refractivity contribution in [1.82, 2.24) is 5.32 Å². The molecule has 3 nitrogen and oxygen atoms in total. The van der Waals surface area contributed by atoms with Crippen LogP contribution in [0, 0.1) is 41.4 Å². The minimum absolute atomic E-state index is 0.0136. The Morgan fingerprint density at radius 3 is 1.62 bits per heavy atom. The van der Waals surface area contributed by atoms with Crippen LogP contribution >= 0.6 is 0 Å². The molecule has 4 rings (SSSR count). The Hall–Kier alpha value is -0.570. The van der Waals surface area contributed by atoms with E-state index in [9.17, 15) is 4.79 Å². The van der Waals surface area contributed by atoms with Crippen LogP contribution in [0.2, 0.25) is 0 Å². The van der Waals surface area contributed by atoms with Crippen LogP contribution in [0.5, 0.6) is 0 Å². The number of hydrogen-bond acceptors (Lipinski definition) is 3. The van der Waals surface area contributed by atoms with E-state index in [0.29, 0.717) is 12.5 Å². The highest BCUT2D eigenvalue weighted by Crippen LogP contribution is 2.46. The molecular weight excluding hydrogens is 394 g/mol. The van der Waals surface area contributed by atoms with E-state index in [4.69, 9.17) is 4.74 Å². The van der Waals surface area contributed by atoms with Crippen molar-refractivity contribution < 1.29 is 9.53 Å². The molecule has 1 saturated heterocycles. The Kier molecular flexibility index (Phi) is 7.64. The Labute approximate surface area is 198 Å². The molecule has 3 heteroatoms. The average Bonchev–Trinajstić information content (AvgIpc) is 3.00. The third-order valence-electron chi connectivity index (χ3n) is 10.1. The van der Waals surface area contributed by atoms with Crippen molar-refractivity contribution in [2.24, 2.45) is 41.4 Å². The monoisotopic (exact) mass is 445 g/mol. The summed E-state index contributed by atoms with van der Waals surface area (Å²) >= 11 is 0. The number of esters is 1. The van der Waals surface area contributed by atoms with Crippen molar-refractivity contribution in [2.45, 2.75) is 129 Å². The molecule has 0 spiro atoms. The molecule has 0 amide bonds. The van der Waals surface area contributed by atoms with E-state index in [1.165, 1.54) is 77.0 Å². The van der Waals surface area contributed by atoms with E-state index < -0.39 is 0 Å². The zero-order valence-corrected chi connectivity index (χ0v) is 21.8. The van der Waals surface area contributed by atoms with E-state index >= 15 is 0 Å². The van der Waals surface area contributed by atoms with Gasteiger partial charge in [-0.15, -0.1) is 0 Å². The Morgan fingerprint density at radius 2 is 1.19 bits per heavy atom. The summed E-state index contributed by atoms with van der Waals surface area (Å²) in [5, 5.41) is 3.61. The van der Waals surface area contributed by atoms with Crippen LogP contribution in [0.15, 0.2) is 0 Å². The lowest BCUT2D eigenvalue weighted by Gasteiger charge is -2.41. The van der Waals surface area contributed by atoms with Gasteiger partial charge in [0.15, 0.2) is 0 Å². The maximum atomic E-state index is 12.8. The van der Waals surface area contributed by atoms with Crippen molar-refractivity contribution in [3.05, 3.63) is 0 Å². The highest BCUT2D eigenvalue weighted by molar-refractivity contribution is 5.74. The third-order valence-corrected chi connectivity index (χ3v) is 10.1. The van der Waals surface area contributed by atoms with Gasteiger partial charge in [0, 0.05) is 11.1 Å². The Bertz CT molecular complexity index is 617. The molecule has 1 aliphatic heterocycles. The van der Waals surface area contributed by atoms with Gasteiger partial charge in [-0.1, -0.05) is 19.8 Å². The summed E-state index contributed by atoms with van der Waals surface area (Å²) in [7, 11) is 0. The summed E-state index contributed by atoms with van der Waals surface area (Å²) < 4.78 is 5.88. The molecule has 0 aromatic carbocycles. The summed E-state index contributed by atoms with van der Waals surface area (Å²) in [5.74, 6) is 5.54. The molecule has 3 aliphatic carbocycles. The van der Waals surface area contributed by atoms with Crippen molar-refractivity contribution in [1.29, 1.82) is 0 Å². The first-order valence-electron chi connectivity index (χ1n) is 14.1. The van der Waals surface area contributed by atoms with Crippen LogP contribution in [0.1, 0.15) is 118 Å². The van der Waals surface area contributed by atoms with Gasteiger partial charge < -0.3 is 10.1 Å². The fourth-order valence-corrected chi connectivity index (χ4v) is 8.13. The third kappa shape index (κ3) is 5.91. The van der Waals surface area contributed by atoms with Crippen molar-refractivity contribution in [2.75, 3.05) is 6.61 Å². The summed E-state index contributed by atoms with van der Waals surface area (Å²) in [6, 6.07) is 0. The summed E-state index contributed by atoms with van der Waals surface area (Å²) in [6.45, 7) is 11.7. The van der Waals surface area contributed by atoms with Crippen LogP contribution in [-0.2, 0) is 9.53 Å². The molecule has 4 fully saturated rings. The second kappa shape index (κ2) is 9.96. The second-order valence-corrected chi connectivity index (χ2v) is 13.6. The zero-order valence-electron chi connectivity index (χ0n) is 21.8. The molecule has 0 aromatic heterocycles. The van der Waals surface area contributed by atoms with Gasteiger partial charge in [-0.05, 0) is 134 Å². The molecule has 1 unspecified atom stereocenters. The van der Waals surface area contributed by atoms with Gasteiger partial charge in [0.05, 0.1) is 12.5 Å². The standard InChI is InChI=1S/C29H51NO2/c1-20-6-10-22(11-7-20)24-14-16-25(17-15-24)23-12-8-21(9-13-23)19-32-27(31)26-18-28(2,3)30-29(26,4)5/h20-26,30H,6-19H2,1-5H3. The van der Waals surface area contributed by atoms with Crippen LogP contribution in [-0.4, -0.2) is 23.7 Å². The molecule has 184 valence electrons. The number of nitrogens with one attached hydrogen (secondary N) is 1. The maximum absolute atomic E-state index is 12.8. The maximum Gasteiger partial charge on any atom is 0.310 e. The molecule has 1 atom stereocenters. The molecular formula is C29H51NO2. The lowest BCUT2D eigenvalue weighted by atomic mass is 9.65. The summed E-state index contributed by atoms with van der Waals surface area (Å²) in [5.41, 5.74) is -0.160. The average molecular weight is 446 g/mol. The highest BCUT2D eigenvalue weighted by Gasteiger charge is 2.48. The highest BCUT2D eigenvalue weighted by atomic mass is 16.5. The minimum atomic E-state index is -0.174. The van der Waals surface area contributed by atoms with Crippen molar-refractivity contribution >= 4 is 5.97 Å². The molecule has 32 heavy (non-hydrogen) atoms. The molecule has 0 bridgehead atoms. The van der Waals surface area contributed by atoms with Gasteiger partial charge in [-0.2, -0.15) is 0 Å². The van der Waals surface area contributed by atoms with Crippen LogP contribution in [0.4, 0.5) is 0 Å². The Morgan fingerprint density at radius 1 is 0.750 bits per heavy atom. The van der Waals surface area contributed by atoms with Gasteiger partial charge in [0.2, 0.25) is 0 Å². The van der Waals surface area contributed by atoms with Gasteiger partial charge in [0.25, 0.3) is 0 Å². The lowest BCUT2D eigenvalue weighted by Crippen LogP contribution is -2.46. The quantitative estimate of drug-likeness (QED) is 0.457. The second-order valence-electron chi connectivity index (χ2n) is 13.6. The van der Waals surface area contributed by atoms with E-state index in [-0.39, 0.29) is 23.0 Å². The van der Waals surface area contributed by atoms with Crippen LogP contribution in [0.3, 0.4) is 0 Å². The van der Waals surface area contributed by atoms with Crippen molar-refractivity contribution in [3.8, 4) is 0 Å². The number of carbonyl (C=O) groups is 1. The first-order valence-corrected chi connectivity index (χ1v) is 14.1. The summed E-state index contributed by atoms with van der Waals surface area (Å²) in [4.78, 5) is 12.8. The van der Waals surface area contributed by atoms with E-state index in [1.807, 2.05) is 0 Å². The first-order chi connectivity index (χ1) is 15.1. The number of rotatable bonds is 5. The van der Waals surface area contributed by atoms with E-state index in [1.54, 1.807) is 0 Å². The fraction of sp³-hybridized carbons (Fsp3) is 0.966. The normalized spacial score (nSPS) is 41.8. The van der Waals surface area contributed by atoms with E-state index in [0.717, 1.165) is 36.0 Å². The molecule has 0 aromatic rings. The first kappa shape index (κ1) is 24.6. The lowest BCUT2D eigenvalue weighted by molar-refractivity contribution is -0.152. The molecule has 3 saturated carbocycles. The predicted octanol–water partition coefficient (Wildman–Crippen LogP) is 7.14. The predicted molar refractivity (Wildman–Crippen MR) is 132 cm³/mol. The van der Waals surface area contributed by atoms with Crippen LogP contribution in [0.25, 0.3) is 0 Å². The number of hydrogen-bond donors (Lipinski definition) is 1. The zero-order chi connectivity index (χ0) is 22.9. The van der Waals surface area contributed by atoms with Gasteiger partial charge in [-0.3, -0.25) is 4.79 Å². The minimum Gasteiger partial charge on any atom is -0.465 e. The SMILES string of the molecule is CC1CCC(C2CCC(C3CCC(COC(=O)C4CC(C)(C)NC4(C)C)CC3)CC2)CC1. The number of ether oxygens (including phenoxy) is 1. The number of carbonyl (C=O) groups excluding carboxylic acids is 1. The summed E-state index contributed by atoms with van der Waals surface area (Å²) in [6.07, 6.45) is 18.1. The topological polar surface area (TPSA) is 38.3 Å². The molecule has 1 heterocycles. The molecule has 1 N–H and O–H groups in total. The smallest absolute Gasteiger partial charge is 0.310 e. The largest absolute Gasteiger partial charge is 0.465 e. The van der Waals surface area contributed by atoms with Gasteiger partial charge in [0.1, 0.15) is 0 Å². The van der Waals surface area contributed by atoms with E-state index in [2.05, 4.69) is 39.9 Å². The molecule has 0 radical (unpaired) electrons. The van der Waals surface area contributed by atoms with Crippen LogP contribution < -0.4 is 5.32 Å².